The van der Waals surface area contributed by atoms with Crippen molar-refractivity contribution < 1.29 is 24.3 Å². The van der Waals surface area contributed by atoms with Crippen LogP contribution in [0.4, 0.5) is 0 Å². The lowest BCUT2D eigenvalue weighted by atomic mass is 10.2. The number of rotatable bonds is 6. The second-order valence-corrected chi connectivity index (χ2v) is 3.85. The third kappa shape index (κ3) is 4.16. The average Bonchev–Trinajstić information content (AvgIpc) is 2.29. The monoisotopic (exact) mass is 231 g/mol. The number of ether oxygens (including phenoxy) is 1. The summed E-state index contributed by atoms with van der Waals surface area (Å²) in [6, 6.07) is 0. The maximum absolute atomic E-state index is 10.7. The van der Waals surface area contributed by atoms with Crippen LogP contribution in [-0.2, 0) is 19.2 Å². The van der Waals surface area contributed by atoms with Crippen LogP contribution in [0.2, 0.25) is 0 Å². The maximum atomic E-state index is 10.7. The van der Waals surface area contributed by atoms with Gasteiger partial charge in [0, 0.05) is 13.0 Å². The lowest BCUT2D eigenvalue weighted by Crippen LogP contribution is -2.36. The Kier molecular flexibility index (Phi) is 5.21. The van der Waals surface area contributed by atoms with E-state index in [0.717, 1.165) is 24.3 Å². The van der Waals surface area contributed by atoms with Gasteiger partial charge in [0.1, 0.15) is 0 Å². The summed E-state index contributed by atoms with van der Waals surface area (Å²) < 4.78 is 5.28. The molecule has 1 N–H and O–H groups in total. The van der Waals surface area contributed by atoms with E-state index in [0.29, 0.717) is 13.0 Å². The molecule has 0 bridgehead atoms. The van der Waals surface area contributed by atoms with Crippen molar-refractivity contribution in [2.75, 3.05) is 13.2 Å². The molecule has 6 nitrogen and oxygen atoms in total. The quantitative estimate of drug-likeness (QED) is 0.535. The zero-order chi connectivity index (χ0) is 12.0. The molecule has 1 aliphatic heterocycles. The summed E-state index contributed by atoms with van der Waals surface area (Å²) in [5.74, 6) is -1.62. The molecular formula is C10H17NO5. The fraction of sp³-hybridized carbons (Fsp3) is 0.800. The second kappa shape index (κ2) is 6.44. The molecule has 0 aromatic heterocycles. The van der Waals surface area contributed by atoms with Gasteiger partial charge < -0.3 is 9.84 Å². The Labute approximate surface area is 94.1 Å². The normalized spacial score (nSPS) is 22.4. The molecule has 0 aromatic carbocycles. The Balaban J connectivity index is 2.35. The minimum Gasteiger partial charge on any atom is -0.481 e. The topological polar surface area (TPSA) is 76.1 Å². The number of nitrogens with zero attached hydrogens (tertiary/aromatic N) is 1. The number of carboxylic acid groups (broad SMARTS) is 1. The molecule has 0 aliphatic carbocycles. The van der Waals surface area contributed by atoms with E-state index in [4.69, 9.17) is 14.7 Å². The fourth-order valence-corrected chi connectivity index (χ4v) is 1.40. The minimum atomic E-state index is -0.958. The molecule has 2 atom stereocenters. The molecule has 1 amide bonds. The molecule has 92 valence electrons. The Morgan fingerprint density at radius 2 is 2.44 bits per heavy atom. The van der Waals surface area contributed by atoms with Gasteiger partial charge in [-0.2, -0.15) is 0 Å². The van der Waals surface area contributed by atoms with Crippen molar-refractivity contribution in [2.24, 2.45) is 5.92 Å². The zero-order valence-corrected chi connectivity index (χ0v) is 9.30. The lowest BCUT2D eigenvalue weighted by molar-refractivity contribution is -0.275. The zero-order valence-electron chi connectivity index (χ0n) is 9.30. The standard InChI is InChI=1S/C10H17NO5/c1-8(10(13)14)6-11(7-12)16-9-4-2-3-5-15-9/h7-9H,2-6H2,1H3,(H,13,14). The number of amides is 1. The van der Waals surface area contributed by atoms with Crippen LogP contribution in [-0.4, -0.2) is 42.0 Å². The Morgan fingerprint density at radius 1 is 1.69 bits per heavy atom. The smallest absolute Gasteiger partial charge is 0.308 e. The number of aliphatic carboxylic acids is 1. The molecule has 1 aliphatic rings. The van der Waals surface area contributed by atoms with E-state index in [1.807, 2.05) is 0 Å². The molecule has 6 heteroatoms. The van der Waals surface area contributed by atoms with Crippen LogP contribution in [0, 0.1) is 5.92 Å². The van der Waals surface area contributed by atoms with Gasteiger partial charge in [-0.25, -0.2) is 9.90 Å². The highest BCUT2D eigenvalue weighted by Gasteiger charge is 2.21. The number of hydroxylamine groups is 2. The number of carboxylic acids is 1. The highest BCUT2D eigenvalue weighted by atomic mass is 16.8. The van der Waals surface area contributed by atoms with Crippen molar-refractivity contribution in [1.82, 2.24) is 5.06 Å². The molecule has 1 heterocycles. The Hall–Kier alpha value is -1.14. The third-order valence-electron chi connectivity index (χ3n) is 2.38. The first-order valence-electron chi connectivity index (χ1n) is 5.36. The molecule has 1 saturated heterocycles. The van der Waals surface area contributed by atoms with Gasteiger partial charge >= 0.3 is 5.97 Å². The Morgan fingerprint density at radius 3 is 2.94 bits per heavy atom. The molecule has 1 rings (SSSR count). The predicted molar refractivity (Wildman–Crippen MR) is 54.2 cm³/mol. The van der Waals surface area contributed by atoms with E-state index < -0.39 is 18.2 Å². The van der Waals surface area contributed by atoms with E-state index >= 15 is 0 Å². The van der Waals surface area contributed by atoms with Crippen molar-refractivity contribution in [1.29, 1.82) is 0 Å². The summed E-state index contributed by atoms with van der Waals surface area (Å²) >= 11 is 0. The number of hydrogen-bond acceptors (Lipinski definition) is 4. The van der Waals surface area contributed by atoms with Gasteiger partial charge in [-0.15, -0.1) is 0 Å². The number of carbonyl (C=O) groups is 2. The van der Waals surface area contributed by atoms with Crippen LogP contribution >= 0.6 is 0 Å². The average molecular weight is 231 g/mol. The van der Waals surface area contributed by atoms with Crippen LogP contribution in [0.25, 0.3) is 0 Å². The maximum Gasteiger partial charge on any atom is 0.308 e. The van der Waals surface area contributed by atoms with Gasteiger partial charge in [0.25, 0.3) is 0 Å². The molecule has 0 radical (unpaired) electrons. The molecule has 0 spiro atoms. The van der Waals surface area contributed by atoms with Gasteiger partial charge in [-0.05, 0) is 12.8 Å². The van der Waals surface area contributed by atoms with Crippen molar-refractivity contribution in [3.8, 4) is 0 Å². The summed E-state index contributed by atoms with van der Waals surface area (Å²) in [5.41, 5.74) is 0. The highest BCUT2D eigenvalue weighted by Crippen LogP contribution is 2.15. The molecular weight excluding hydrogens is 214 g/mol. The first-order valence-corrected chi connectivity index (χ1v) is 5.36. The van der Waals surface area contributed by atoms with Gasteiger partial charge in [-0.1, -0.05) is 6.92 Å². The van der Waals surface area contributed by atoms with E-state index in [1.54, 1.807) is 0 Å². The predicted octanol–water partition coefficient (Wildman–Crippen LogP) is 0.624. The van der Waals surface area contributed by atoms with Crippen molar-refractivity contribution >= 4 is 12.4 Å². The van der Waals surface area contributed by atoms with Gasteiger partial charge in [0.15, 0.2) is 6.29 Å². The van der Waals surface area contributed by atoms with Crippen LogP contribution in [0.15, 0.2) is 0 Å². The molecule has 2 unspecified atom stereocenters. The van der Waals surface area contributed by atoms with E-state index in [-0.39, 0.29) is 6.54 Å². The summed E-state index contributed by atoms with van der Waals surface area (Å²) in [7, 11) is 0. The largest absolute Gasteiger partial charge is 0.481 e. The summed E-state index contributed by atoms with van der Waals surface area (Å²) in [5, 5.41) is 9.70. The summed E-state index contributed by atoms with van der Waals surface area (Å²) in [6.07, 6.45) is 2.77. The van der Waals surface area contributed by atoms with Crippen LogP contribution in [0.5, 0.6) is 0 Å². The SMILES string of the molecule is CC(CN(C=O)OC1CCCCO1)C(=O)O. The second-order valence-electron chi connectivity index (χ2n) is 3.85. The van der Waals surface area contributed by atoms with Gasteiger partial charge in [0.2, 0.25) is 6.41 Å². The third-order valence-corrected chi connectivity index (χ3v) is 2.38. The van der Waals surface area contributed by atoms with E-state index in [1.165, 1.54) is 6.92 Å². The van der Waals surface area contributed by atoms with Gasteiger partial charge in [0.05, 0.1) is 12.5 Å². The summed E-state index contributed by atoms with van der Waals surface area (Å²) in [6.45, 7) is 2.16. The first-order chi connectivity index (χ1) is 7.63. The summed E-state index contributed by atoms with van der Waals surface area (Å²) in [4.78, 5) is 26.5. The van der Waals surface area contributed by atoms with Crippen LogP contribution in [0.1, 0.15) is 26.2 Å². The molecule has 0 saturated carbocycles. The van der Waals surface area contributed by atoms with Crippen molar-refractivity contribution in [3.63, 3.8) is 0 Å². The van der Waals surface area contributed by atoms with Crippen LogP contribution < -0.4 is 0 Å². The molecule has 16 heavy (non-hydrogen) atoms. The first kappa shape index (κ1) is 12.9. The van der Waals surface area contributed by atoms with Crippen molar-refractivity contribution in [3.05, 3.63) is 0 Å². The van der Waals surface area contributed by atoms with Gasteiger partial charge in [-0.3, -0.25) is 9.59 Å². The lowest BCUT2D eigenvalue weighted by Gasteiger charge is -2.27. The Bertz CT molecular complexity index is 239. The van der Waals surface area contributed by atoms with E-state index in [2.05, 4.69) is 0 Å². The molecule has 1 fully saturated rings. The van der Waals surface area contributed by atoms with Crippen LogP contribution in [0.3, 0.4) is 0 Å². The highest BCUT2D eigenvalue weighted by molar-refractivity contribution is 5.70. The fourth-order valence-electron chi connectivity index (χ4n) is 1.40. The van der Waals surface area contributed by atoms with Crippen molar-refractivity contribution in [2.45, 2.75) is 32.5 Å². The number of carbonyl (C=O) groups excluding carboxylic acids is 1. The number of hydrogen-bond donors (Lipinski definition) is 1. The minimum absolute atomic E-state index is 0.0265. The molecule has 0 aromatic rings. The van der Waals surface area contributed by atoms with E-state index in [9.17, 15) is 9.59 Å².